The lowest BCUT2D eigenvalue weighted by molar-refractivity contribution is 0.371. The number of nitrogens with one attached hydrogen (secondary N) is 1. The summed E-state index contributed by atoms with van der Waals surface area (Å²) in [5.74, 6) is -0.177. The Bertz CT molecular complexity index is 753. The third-order valence-electron chi connectivity index (χ3n) is 4.70. The monoisotopic (exact) mass is 348 g/mol. The Morgan fingerprint density at radius 1 is 1.38 bits per heavy atom. The second-order valence-corrected chi connectivity index (χ2v) is 7.01. The van der Waals surface area contributed by atoms with Gasteiger partial charge in [-0.3, -0.25) is 0 Å². The predicted molar refractivity (Wildman–Crippen MR) is 101 cm³/mol. The van der Waals surface area contributed by atoms with Crippen molar-refractivity contribution in [1.82, 2.24) is 19.7 Å². The number of aromatic nitrogens is 1. The average molecular weight is 348 g/mol. The lowest BCUT2D eigenvalue weighted by atomic mass is 10.0. The summed E-state index contributed by atoms with van der Waals surface area (Å²) in [5.41, 5.74) is 3.69. The van der Waals surface area contributed by atoms with Crippen LogP contribution in [0.1, 0.15) is 17.7 Å². The van der Waals surface area contributed by atoms with E-state index in [9.17, 15) is 4.39 Å². The zero-order valence-corrected chi connectivity index (χ0v) is 15.4. The summed E-state index contributed by atoms with van der Waals surface area (Å²) in [5, 5.41) is 4.83. The fourth-order valence-electron chi connectivity index (χ4n) is 3.55. The number of rotatable bonds is 4. The average Bonchev–Trinajstić information content (AvgIpc) is 2.86. The first-order valence-electron chi connectivity index (χ1n) is 8.42. The number of nitrogens with zero attached hydrogens (tertiary/aromatic N) is 3. The molecule has 3 rings (SSSR count). The van der Waals surface area contributed by atoms with Gasteiger partial charge in [0.1, 0.15) is 5.82 Å². The van der Waals surface area contributed by atoms with Crippen LogP contribution in [0.25, 0.3) is 10.9 Å². The smallest absolute Gasteiger partial charge is 0.168 e. The zero-order valence-electron chi connectivity index (χ0n) is 14.6. The van der Waals surface area contributed by atoms with Crippen molar-refractivity contribution in [1.29, 1.82) is 0 Å². The van der Waals surface area contributed by atoms with Crippen molar-refractivity contribution in [2.45, 2.75) is 25.9 Å². The minimum atomic E-state index is -0.177. The van der Waals surface area contributed by atoms with E-state index in [0.717, 1.165) is 55.0 Å². The van der Waals surface area contributed by atoms with E-state index in [0.29, 0.717) is 0 Å². The van der Waals surface area contributed by atoms with Gasteiger partial charge >= 0.3 is 0 Å². The molecular weight excluding hydrogens is 323 g/mol. The third-order valence-corrected chi connectivity index (χ3v) is 5.17. The molecule has 2 aromatic rings. The van der Waals surface area contributed by atoms with Crippen LogP contribution in [0.2, 0.25) is 0 Å². The van der Waals surface area contributed by atoms with E-state index in [1.54, 1.807) is 12.1 Å². The molecule has 0 amide bonds. The number of fused-ring (bicyclic) bond motifs is 3. The number of benzene rings is 1. The summed E-state index contributed by atoms with van der Waals surface area (Å²) in [6.45, 7) is 3.66. The molecule has 1 aromatic heterocycles. The first kappa shape index (κ1) is 17.2. The Morgan fingerprint density at radius 2 is 2.17 bits per heavy atom. The highest BCUT2D eigenvalue weighted by Gasteiger charge is 2.25. The van der Waals surface area contributed by atoms with Crippen LogP contribution in [0.4, 0.5) is 4.39 Å². The lowest BCUT2D eigenvalue weighted by Crippen LogP contribution is -2.41. The number of halogens is 1. The Labute approximate surface area is 148 Å². The van der Waals surface area contributed by atoms with E-state index < -0.39 is 0 Å². The maximum atomic E-state index is 13.8. The van der Waals surface area contributed by atoms with Gasteiger partial charge in [-0.05, 0) is 57.5 Å². The van der Waals surface area contributed by atoms with Gasteiger partial charge in [0.2, 0.25) is 0 Å². The topological polar surface area (TPSA) is 23.4 Å². The van der Waals surface area contributed by atoms with E-state index in [4.69, 9.17) is 12.2 Å². The summed E-state index contributed by atoms with van der Waals surface area (Å²) in [6.07, 6.45) is 2.02. The lowest BCUT2D eigenvalue weighted by Gasteiger charge is -2.30. The van der Waals surface area contributed by atoms with E-state index in [2.05, 4.69) is 33.8 Å². The van der Waals surface area contributed by atoms with Gasteiger partial charge in [0.05, 0.1) is 0 Å². The fourth-order valence-corrected chi connectivity index (χ4v) is 3.71. The Balaban J connectivity index is 1.99. The van der Waals surface area contributed by atoms with Gasteiger partial charge in [-0.15, -0.1) is 0 Å². The fraction of sp³-hybridized carbons (Fsp3) is 0.500. The highest BCUT2D eigenvalue weighted by atomic mass is 32.1. The van der Waals surface area contributed by atoms with Crippen molar-refractivity contribution in [2.75, 3.05) is 34.2 Å². The van der Waals surface area contributed by atoms with E-state index >= 15 is 0 Å². The van der Waals surface area contributed by atoms with Gasteiger partial charge in [-0.1, -0.05) is 0 Å². The number of hydrogen-bond donors (Lipinski definition) is 1. The Kier molecular flexibility index (Phi) is 5.06. The van der Waals surface area contributed by atoms with Gasteiger partial charge in [-0.2, -0.15) is 0 Å². The van der Waals surface area contributed by atoms with Crippen molar-refractivity contribution in [3.8, 4) is 0 Å². The molecule has 0 unspecified atom stereocenters. The highest BCUT2D eigenvalue weighted by Crippen LogP contribution is 2.31. The molecule has 130 valence electrons. The van der Waals surface area contributed by atoms with Gasteiger partial charge in [0.15, 0.2) is 5.11 Å². The second-order valence-electron chi connectivity index (χ2n) is 6.62. The molecule has 0 atom stereocenters. The summed E-state index contributed by atoms with van der Waals surface area (Å²) in [6, 6.07) is 5.15. The molecule has 0 fully saturated rings. The van der Waals surface area contributed by atoms with Crippen LogP contribution in [0, 0.1) is 5.82 Å². The van der Waals surface area contributed by atoms with Gasteiger partial charge < -0.3 is 19.7 Å². The van der Waals surface area contributed by atoms with Crippen LogP contribution in [-0.2, 0) is 19.5 Å². The molecule has 4 nitrogen and oxygen atoms in total. The molecule has 2 heterocycles. The summed E-state index contributed by atoms with van der Waals surface area (Å²) >= 11 is 5.39. The quantitative estimate of drug-likeness (QED) is 0.858. The molecule has 1 aromatic carbocycles. The Hall–Kier alpha value is -1.66. The first-order valence-corrected chi connectivity index (χ1v) is 8.83. The molecule has 0 radical (unpaired) electrons. The van der Waals surface area contributed by atoms with Crippen molar-refractivity contribution < 1.29 is 4.39 Å². The van der Waals surface area contributed by atoms with Crippen molar-refractivity contribution >= 4 is 28.2 Å². The van der Waals surface area contributed by atoms with Crippen LogP contribution in [0.3, 0.4) is 0 Å². The van der Waals surface area contributed by atoms with Gasteiger partial charge in [0.25, 0.3) is 0 Å². The molecule has 0 spiro atoms. The highest BCUT2D eigenvalue weighted by molar-refractivity contribution is 7.80. The standard InChI is InChI=1S/C18H25FN4S/c1-20-18(24)22-10-7-17-15(12-22)14-11-13(19)5-6-16(14)23(17)9-4-8-21(2)3/h5-6,11H,4,7-10,12H2,1-3H3,(H,20,24). The molecule has 24 heavy (non-hydrogen) atoms. The SMILES string of the molecule is CNC(=S)N1CCc2c(c3cc(F)ccc3n2CCCN(C)C)C1. The summed E-state index contributed by atoms with van der Waals surface area (Å²) in [4.78, 5) is 4.36. The Morgan fingerprint density at radius 3 is 2.88 bits per heavy atom. The van der Waals surface area contributed by atoms with E-state index in [1.165, 1.54) is 11.3 Å². The van der Waals surface area contributed by atoms with Gasteiger partial charge in [0, 0.05) is 55.3 Å². The molecule has 0 saturated heterocycles. The molecule has 1 aliphatic rings. The molecule has 1 aliphatic heterocycles. The molecule has 0 saturated carbocycles. The molecule has 0 aliphatic carbocycles. The van der Waals surface area contributed by atoms with Crippen LogP contribution >= 0.6 is 12.2 Å². The predicted octanol–water partition coefficient (Wildman–Crippen LogP) is 2.59. The number of thiocarbonyl (C=S) groups is 1. The molecular formula is C18H25FN4S. The summed E-state index contributed by atoms with van der Waals surface area (Å²) < 4.78 is 16.2. The number of aryl methyl sites for hydroxylation is 1. The largest absolute Gasteiger partial charge is 0.366 e. The molecule has 0 bridgehead atoms. The summed E-state index contributed by atoms with van der Waals surface area (Å²) in [7, 11) is 6.03. The minimum Gasteiger partial charge on any atom is -0.366 e. The van der Waals surface area contributed by atoms with Crippen molar-refractivity contribution in [3.63, 3.8) is 0 Å². The number of hydrogen-bond acceptors (Lipinski definition) is 2. The third kappa shape index (κ3) is 3.26. The van der Waals surface area contributed by atoms with Crippen LogP contribution in [0.15, 0.2) is 18.2 Å². The minimum absolute atomic E-state index is 0.177. The maximum absolute atomic E-state index is 13.8. The van der Waals surface area contributed by atoms with E-state index in [-0.39, 0.29) is 5.82 Å². The normalized spacial score (nSPS) is 14.3. The second kappa shape index (κ2) is 7.07. The molecule has 6 heteroatoms. The first-order chi connectivity index (χ1) is 11.5. The maximum Gasteiger partial charge on any atom is 0.168 e. The van der Waals surface area contributed by atoms with Crippen molar-refractivity contribution in [2.24, 2.45) is 0 Å². The molecule has 1 N–H and O–H groups in total. The van der Waals surface area contributed by atoms with Crippen LogP contribution in [-0.4, -0.2) is 53.7 Å². The zero-order chi connectivity index (χ0) is 17.3. The van der Waals surface area contributed by atoms with Crippen LogP contribution < -0.4 is 5.32 Å². The van der Waals surface area contributed by atoms with Crippen molar-refractivity contribution in [3.05, 3.63) is 35.3 Å². The van der Waals surface area contributed by atoms with E-state index in [1.807, 2.05) is 13.1 Å². The van der Waals surface area contributed by atoms with Gasteiger partial charge in [-0.25, -0.2) is 4.39 Å². The van der Waals surface area contributed by atoms with Crippen LogP contribution in [0.5, 0.6) is 0 Å².